The molecule has 1 aromatic carbocycles. The number of aliphatic hydroxyl groups is 1. The van der Waals surface area contributed by atoms with Crippen LogP contribution >= 0.6 is 27.3 Å². The molecule has 0 radical (unpaired) electrons. The van der Waals surface area contributed by atoms with Crippen molar-refractivity contribution in [2.75, 3.05) is 18.4 Å². The van der Waals surface area contributed by atoms with Crippen LogP contribution in [0.25, 0.3) is 0 Å². The maximum atomic E-state index is 12.4. The first-order valence-corrected chi connectivity index (χ1v) is 9.11. The lowest BCUT2D eigenvalue weighted by Crippen LogP contribution is -2.12. The molecule has 0 bridgehead atoms. The van der Waals surface area contributed by atoms with Gasteiger partial charge in [-0.3, -0.25) is 4.72 Å². The molecule has 5 nitrogen and oxygen atoms in total. The van der Waals surface area contributed by atoms with Crippen molar-refractivity contribution in [1.29, 1.82) is 0 Å². The molecule has 2 rings (SSSR count). The molecule has 0 saturated carbocycles. The van der Waals surface area contributed by atoms with Gasteiger partial charge in [-0.1, -0.05) is 15.9 Å². The molecule has 0 unspecified atom stereocenters. The number of nitrogens with one attached hydrogen (secondary N) is 1. The molecule has 8 heteroatoms. The molecule has 2 N–H and O–H groups in total. The third-order valence-corrected chi connectivity index (χ3v) is 6.16. The van der Waals surface area contributed by atoms with E-state index < -0.39 is 10.0 Å². The quantitative estimate of drug-likeness (QED) is 0.793. The summed E-state index contributed by atoms with van der Waals surface area (Å²) in [6.45, 7) is -0.00706. The number of benzene rings is 1. The van der Waals surface area contributed by atoms with Crippen LogP contribution in [0.4, 0.5) is 5.69 Å². The zero-order chi connectivity index (χ0) is 15.5. The number of rotatable bonds is 6. The Balaban J connectivity index is 2.30. The zero-order valence-corrected chi connectivity index (χ0v) is 14.4. The van der Waals surface area contributed by atoms with Crippen molar-refractivity contribution < 1.29 is 18.3 Å². The molecule has 1 heterocycles. The summed E-state index contributed by atoms with van der Waals surface area (Å²) >= 11 is 4.44. The Morgan fingerprint density at radius 3 is 2.76 bits per heavy atom. The first-order valence-electron chi connectivity index (χ1n) is 6.02. The van der Waals surface area contributed by atoms with E-state index in [4.69, 9.17) is 9.84 Å². The second-order valence-corrected chi connectivity index (χ2v) is 8.14. The van der Waals surface area contributed by atoms with Gasteiger partial charge < -0.3 is 9.84 Å². The number of anilines is 1. The lowest BCUT2D eigenvalue weighted by Gasteiger charge is -2.11. The molecule has 0 aliphatic rings. The Hall–Kier alpha value is -1.09. The average Bonchev–Trinajstić information content (AvgIpc) is 2.88. The van der Waals surface area contributed by atoms with E-state index in [1.165, 1.54) is 13.2 Å². The van der Waals surface area contributed by atoms with Crippen LogP contribution in [0, 0.1) is 0 Å². The molecule has 2 aromatic rings. The van der Waals surface area contributed by atoms with Crippen LogP contribution in [-0.4, -0.2) is 27.2 Å². The lowest BCUT2D eigenvalue weighted by molar-refractivity contribution is 0.300. The fraction of sp³-hybridized carbons (Fsp3) is 0.231. The highest BCUT2D eigenvalue weighted by Crippen LogP contribution is 2.31. The number of aliphatic hydroxyl groups excluding tert-OH is 1. The van der Waals surface area contributed by atoms with E-state index in [2.05, 4.69) is 20.7 Å². The van der Waals surface area contributed by atoms with Gasteiger partial charge in [0.25, 0.3) is 10.0 Å². The minimum atomic E-state index is -3.67. The standard InChI is InChI=1S/C13H14BrNO4S2/c1-19-12-4-2-9(14)8-11(12)15-21(17,18)13-5-3-10(20-13)6-7-16/h2-5,8,15-16H,6-7H2,1H3. The average molecular weight is 392 g/mol. The van der Waals surface area contributed by atoms with Crippen LogP contribution in [0.5, 0.6) is 5.75 Å². The van der Waals surface area contributed by atoms with Crippen LogP contribution in [0.15, 0.2) is 39.0 Å². The van der Waals surface area contributed by atoms with Crippen LogP contribution in [-0.2, 0) is 16.4 Å². The van der Waals surface area contributed by atoms with Gasteiger partial charge in [0.15, 0.2) is 0 Å². The second-order valence-electron chi connectivity index (χ2n) is 4.14. The summed E-state index contributed by atoms with van der Waals surface area (Å²) < 4.78 is 33.3. The highest BCUT2D eigenvalue weighted by Gasteiger charge is 2.19. The molecular formula is C13H14BrNO4S2. The van der Waals surface area contributed by atoms with Gasteiger partial charge in [0, 0.05) is 22.4 Å². The predicted octanol–water partition coefficient (Wildman–Crippen LogP) is 2.85. The van der Waals surface area contributed by atoms with Gasteiger partial charge in [0.1, 0.15) is 9.96 Å². The molecule has 0 atom stereocenters. The van der Waals surface area contributed by atoms with Gasteiger partial charge >= 0.3 is 0 Å². The summed E-state index contributed by atoms with van der Waals surface area (Å²) in [7, 11) is -2.20. The van der Waals surface area contributed by atoms with Crippen molar-refractivity contribution in [2.45, 2.75) is 10.6 Å². The van der Waals surface area contributed by atoms with Gasteiger partial charge in [0.05, 0.1) is 12.8 Å². The Kier molecular flexibility index (Phi) is 5.26. The normalized spacial score (nSPS) is 11.4. The van der Waals surface area contributed by atoms with Crippen LogP contribution in [0.3, 0.4) is 0 Å². The summed E-state index contributed by atoms with van der Waals surface area (Å²) in [6, 6.07) is 8.31. The fourth-order valence-corrected chi connectivity index (χ4v) is 4.47. The van der Waals surface area contributed by atoms with Crippen molar-refractivity contribution in [1.82, 2.24) is 0 Å². The van der Waals surface area contributed by atoms with E-state index >= 15 is 0 Å². The van der Waals surface area contributed by atoms with Gasteiger partial charge in [-0.15, -0.1) is 11.3 Å². The minimum Gasteiger partial charge on any atom is -0.495 e. The summed E-state index contributed by atoms with van der Waals surface area (Å²) in [5.74, 6) is 0.439. The fourth-order valence-electron chi connectivity index (χ4n) is 1.70. The molecular weight excluding hydrogens is 378 g/mol. The van der Waals surface area contributed by atoms with Crippen molar-refractivity contribution in [3.8, 4) is 5.75 Å². The third-order valence-electron chi connectivity index (χ3n) is 2.67. The summed E-state index contributed by atoms with van der Waals surface area (Å²) in [4.78, 5) is 0.819. The summed E-state index contributed by atoms with van der Waals surface area (Å²) in [5, 5.41) is 8.89. The molecule has 1 aromatic heterocycles. The lowest BCUT2D eigenvalue weighted by atomic mass is 10.3. The van der Waals surface area contributed by atoms with E-state index in [1.54, 1.807) is 24.3 Å². The van der Waals surface area contributed by atoms with Crippen molar-refractivity contribution in [3.63, 3.8) is 0 Å². The van der Waals surface area contributed by atoms with E-state index in [9.17, 15) is 8.42 Å². The molecule has 0 amide bonds. The molecule has 114 valence electrons. The molecule has 0 fully saturated rings. The number of thiophene rings is 1. The summed E-state index contributed by atoms with van der Waals surface area (Å²) in [5.41, 5.74) is 0.365. The third kappa shape index (κ3) is 3.97. The monoisotopic (exact) mass is 391 g/mol. The van der Waals surface area contributed by atoms with E-state index in [0.717, 1.165) is 20.7 Å². The van der Waals surface area contributed by atoms with E-state index in [1.807, 2.05) is 0 Å². The molecule has 0 aliphatic heterocycles. The Bertz CT molecular complexity index is 728. The topological polar surface area (TPSA) is 75.6 Å². The molecule has 0 saturated heterocycles. The highest BCUT2D eigenvalue weighted by molar-refractivity contribution is 9.10. The predicted molar refractivity (Wildman–Crippen MR) is 86.6 cm³/mol. The SMILES string of the molecule is COc1ccc(Br)cc1NS(=O)(=O)c1ccc(CCO)s1. The first kappa shape index (κ1) is 16.3. The maximum Gasteiger partial charge on any atom is 0.271 e. The van der Waals surface area contributed by atoms with Gasteiger partial charge in [-0.25, -0.2) is 8.42 Å². The van der Waals surface area contributed by atoms with Crippen LogP contribution in [0.2, 0.25) is 0 Å². The largest absolute Gasteiger partial charge is 0.495 e. The Morgan fingerprint density at radius 2 is 2.10 bits per heavy atom. The molecule has 21 heavy (non-hydrogen) atoms. The number of sulfonamides is 1. The van der Waals surface area contributed by atoms with Crippen LogP contribution in [0.1, 0.15) is 4.88 Å². The van der Waals surface area contributed by atoms with E-state index in [-0.39, 0.29) is 10.8 Å². The minimum absolute atomic E-state index is 0.00706. The Labute approximate surface area is 135 Å². The molecule has 0 spiro atoms. The second kappa shape index (κ2) is 6.78. The summed E-state index contributed by atoms with van der Waals surface area (Å²) in [6.07, 6.45) is 0.445. The highest BCUT2D eigenvalue weighted by atomic mass is 79.9. The van der Waals surface area contributed by atoms with Crippen LogP contribution < -0.4 is 9.46 Å². The Morgan fingerprint density at radius 1 is 1.33 bits per heavy atom. The first-order chi connectivity index (χ1) is 9.96. The number of methoxy groups -OCH3 is 1. The van der Waals surface area contributed by atoms with Crippen molar-refractivity contribution in [3.05, 3.63) is 39.7 Å². The van der Waals surface area contributed by atoms with Crippen molar-refractivity contribution >= 4 is 43.0 Å². The smallest absolute Gasteiger partial charge is 0.271 e. The maximum absolute atomic E-state index is 12.4. The zero-order valence-electron chi connectivity index (χ0n) is 11.2. The van der Waals surface area contributed by atoms with Gasteiger partial charge in [-0.05, 0) is 30.3 Å². The number of halogens is 1. The van der Waals surface area contributed by atoms with Gasteiger partial charge in [0.2, 0.25) is 0 Å². The number of hydrogen-bond donors (Lipinski definition) is 2. The molecule has 0 aliphatic carbocycles. The number of ether oxygens (including phenoxy) is 1. The number of hydrogen-bond acceptors (Lipinski definition) is 5. The van der Waals surface area contributed by atoms with Gasteiger partial charge in [-0.2, -0.15) is 0 Å². The van der Waals surface area contributed by atoms with E-state index in [0.29, 0.717) is 17.9 Å². The van der Waals surface area contributed by atoms with Crippen molar-refractivity contribution in [2.24, 2.45) is 0 Å².